The molecule has 3 aromatic rings. The van der Waals surface area contributed by atoms with Crippen LogP contribution < -0.4 is 24.8 Å². The second kappa shape index (κ2) is 7.91. The Morgan fingerprint density at radius 2 is 1.94 bits per heavy atom. The molecule has 2 N–H and O–H groups in total. The number of aromatic nitrogens is 2. The number of carbonyl (C=O) groups is 1. The maximum atomic E-state index is 13.9. The molecule has 0 radical (unpaired) electrons. The van der Waals surface area contributed by atoms with Gasteiger partial charge in [0.15, 0.2) is 17.5 Å². The van der Waals surface area contributed by atoms with Crippen molar-refractivity contribution in [3.8, 4) is 17.2 Å². The van der Waals surface area contributed by atoms with Crippen LogP contribution in [0.4, 0.5) is 24.7 Å². The molecule has 2 atom stereocenters. The van der Waals surface area contributed by atoms with Crippen molar-refractivity contribution < 1.29 is 32.2 Å². The van der Waals surface area contributed by atoms with Gasteiger partial charge in [-0.2, -0.15) is 18.3 Å². The Hall–Kier alpha value is -3.89. The summed E-state index contributed by atoms with van der Waals surface area (Å²) in [7, 11) is 1.51. The Labute approximate surface area is 186 Å². The summed E-state index contributed by atoms with van der Waals surface area (Å²) in [5.74, 6) is 1.02. The monoisotopic (exact) mass is 460 g/mol. The highest BCUT2D eigenvalue weighted by atomic mass is 19.4. The van der Waals surface area contributed by atoms with Crippen LogP contribution in [0.5, 0.6) is 17.2 Å². The van der Waals surface area contributed by atoms with Crippen molar-refractivity contribution in [3.05, 3.63) is 59.8 Å². The molecular formula is C22H19F3N4O4. The molecule has 2 aliphatic rings. The first-order chi connectivity index (χ1) is 15.8. The third-order valence-electron chi connectivity index (χ3n) is 5.63. The zero-order chi connectivity index (χ0) is 23.2. The summed E-state index contributed by atoms with van der Waals surface area (Å²) in [5, 5.41) is 9.63. The van der Waals surface area contributed by atoms with Crippen LogP contribution in [0.25, 0.3) is 0 Å². The molecular weight excluding hydrogens is 441 g/mol. The molecule has 0 spiro atoms. The van der Waals surface area contributed by atoms with Crippen molar-refractivity contribution in [2.45, 2.75) is 24.7 Å². The van der Waals surface area contributed by atoms with Crippen LogP contribution in [-0.4, -0.2) is 35.8 Å². The topological polar surface area (TPSA) is 86.6 Å². The van der Waals surface area contributed by atoms with Gasteiger partial charge < -0.3 is 24.8 Å². The van der Waals surface area contributed by atoms with Crippen molar-refractivity contribution in [2.24, 2.45) is 0 Å². The SMILES string of the molecule is COc1ccc([C@@H]2C[C@@H](C(F)(F)F)n3ncc(C(=O)Nc4ccc5c(c4)OCO5)c3N2)cc1. The van der Waals surface area contributed by atoms with E-state index in [1.807, 2.05) is 0 Å². The summed E-state index contributed by atoms with van der Waals surface area (Å²) >= 11 is 0. The van der Waals surface area contributed by atoms with E-state index in [0.29, 0.717) is 28.5 Å². The van der Waals surface area contributed by atoms with Gasteiger partial charge in [-0.05, 0) is 29.8 Å². The summed E-state index contributed by atoms with van der Waals surface area (Å²) in [6, 6.07) is 9.04. The second-order valence-corrected chi connectivity index (χ2v) is 7.64. The molecule has 8 nitrogen and oxygen atoms in total. The van der Waals surface area contributed by atoms with Crippen LogP contribution in [0.15, 0.2) is 48.7 Å². The Morgan fingerprint density at radius 1 is 1.18 bits per heavy atom. The Kier molecular flexibility index (Phi) is 5.03. The molecule has 0 saturated carbocycles. The van der Waals surface area contributed by atoms with Crippen LogP contribution >= 0.6 is 0 Å². The van der Waals surface area contributed by atoms with Gasteiger partial charge in [0.1, 0.15) is 17.1 Å². The van der Waals surface area contributed by atoms with Gasteiger partial charge in [0.2, 0.25) is 6.79 Å². The van der Waals surface area contributed by atoms with E-state index in [1.54, 1.807) is 42.5 Å². The van der Waals surface area contributed by atoms with Crippen molar-refractivity contribution >= 4 is 17.4 Å². The summed E-state index contributed by atoms with van der Waals surface area (Å²) in [5.41, 5.74) is 1.05. The number of fused-ring (bicyclic) bond motifs is 2. The fourth-order valence-electron chi connectivity index (χ4n) is 3.96. The standard InChI is InChI=1S/C22H19F3N4O4/c1-31-14-5-2-12(3-6-14)16-9-19(22(23,24)25)29-20(28-16)15(10-26-29)21(30)27-13-4-7-17-18(8-13)33-11-32-17/h2-8,10,16,19,28H,9,11H2,1H3,(H,27,30)/t16-,19-/m0/s1. The van der Waals surface area contributed by atoms with Gasteiger partial charge in [-0.3, -0.25) is 4.79 Å². The number of amides is 1. The average molecular weight is 460 g/mol. The molecule has 0 bridgehead atoms. The minimum Gasteiger partial charge on any atom is -0.497 e. The van der Waals surface area contributed by atoms with Crippen LogP contribution in [0.3, 0.4) is 0 Å². The maximum absolute atomic E-state index is 13.9. The normalized spacial score (nSPS) is 18.9. The number of hydrogen-bond acceptors (Lipinski definition) is 6. The number of methoxy groups -OCH3 is 1. The summed E-state index contributed by atoms with van der Waals surface area (Å²) in [4.78, 5) is 13.0. The van der Waals surface area contributed by atoms with Crippen LogP contribution in [0.2, 0.25) is 0 Å². The molecule has 0 aliphatic carbocycles. The third-order valence-corrected chi connectivity index (χ3v) is 5.63. The van der Waals surface area contributed by atoms with E-state index in [-0.39, 0.29) is 24.6 Å². The molecule has 0 fully saturated rings. The van der Waals surface area contributed by atoms with E-state index in [1.165, 1.54) is 7.11 Å². The minimum absolute atomic E-state index is 0.000119. The summed E-state index contributed by atoms with van der Waals surface area (Å²) in [6.45, 7) is 0.0825. The van der Waals surface area contributed by atoms with Crippen molar-refractivity contribution in [2.75, 3.05) is 24.5 Å². The molecule has 1 aromatic heterocycles. The van der Waals surface area contributed by atoms with E-state index in [9.17, 15) is 18.0 Å². The lowest BCUT2D eigenvalue weighted by atomic mass is 9.96. The van der Waals surface area contributed by atoms with Crippen LogP contribution in [-0.2, 0) is 0 Å². The lowest BCUT2D eigenvalue weighted by Crippen LogP contribution is -2.36. The van der Waals surface area contributed by atoms with Gasteiger partial charge in [0, 0.05) is 18.2 Å². The number of rotatable bonds is 4. The fraction of sp³-hybridized carbons (Fsp3) is 0.273. The van der Waals surface area contributed by atoms with Crippen LogP contribution in [0.1, 0.15) is 34.4 Å². The molecule has 172 valence electrons. The minimum atomic E-state index is -4.54. The fourth-order valence-corrected chi connectivity index (χ4v) is 3.96. The highest BCUT2D eigenvalue weighted by molar-refractivity contribution is 6.07. The number of halogens is 3. The number of hydrogen-bond donors (Lipinski definition) is 2. The number of alkyl halides is 3. The van der Waals surface area contributed by atoms with E-state index in [2.05, 4.69) is 15.7 Å². The average Bonchev–Trinajstić information content (AvgIpc) is 3.44. The lowest BCUT2D eigenvalue weighted by molar-refractivity contribution is -0.173. The Balaban J connectivity index is 1.45. The molecule has 0 saturated heterocycles. The molecule has 5 rings (SSSR count). The predicted octanol–water partition coefficient (Wildman–Crippen LogP) is 4.53. The highest BCUT2D eigenvalue weighted by Crippen LogP contribution is 2.44. The van der Waals surface area contributed by atoms with E-state index >= 15 is 0 Å². The van der Waals surface area contributed by atoms with E-state index in [4.69, 9.17) is 14.2 Å². The smallest absolute Gasteiger partial charge is 0.410 e. The zero-order valence-electron chi connectivity index (χ0n) is 17.3. The van der Waals surface area contributed by atoms with Gasteiger partial charge in [-0.15, -0.1) is 0 Å². The van der Waals surface area contributed by atoms with Gasteiger partial charge in [0.05, 0.1) is 19.3 Å². The predicted molar refractivity (Wildman–Crippen MR) is 112 cm³/mol. The van der Waals surface area contributed by atoms with Gasteiger partial charge in [-0.1, -0.05) is 12.1 Å². The number of anilines is 2. The van der Waals surface area contributed by atoms with Crippen molar-refractivity contribution in [1.82, 2.24) is 9.78 Å². The number of nitrogens with one attached hydrogen (secondary N) is 2. The van der Waals surface area contributed by atoms with Gasteiger partial charge >= 0.3 is 6.18 Å². The number of ether oxygens (including phenoxy) is 3. The Bertz CT molecular complexity index is 1190. The van der Waals surface area contributed by atoms with E-state index < -0.39 is 24.2 Å². The molecule has 3 heterocycles. The molecule has 11 heteroatoms. The first-order valence-electron chi connectivity index (χ1n) is 10.1. The van der Waals surface area contributed by atoms with Crippen molar-refractivity contribution in [1.29, 1.82) is 0 Å². The molecule has 1 amide bonds. The van der Waals surface area contributed by atoms with Crippen LogP contribution in [0, 0.1) is 0 Å². The molecule has 33 heavy (non-hydrogen) atoms. The van der Waals surface area contributed by atoms with Crippen molar-refractivity contribution in [3.63, 3.8) is 0 Å². The largest absolute Gasteiger partial charge is 0.497 e. The van der Waals surface area contributed by atoms with E-state index in [0.717, 1.165) is 10.9 Å². The number of nitrogens with zero attached hydrogens (tertiary/aromatic N) is 2. The third kappa shape index (κ3) is 3.90. The molecule has 0 unspecified atom stereocenters. The van der Waals surface area contributed by atoms with Gasteiger partial charge in [0.25, 0.3) is 5.91 Å². The quantitative estimate of drug-likeness (QED) is 0.595. The maximum Gasteiger partial charge on any atom is 0.410 e. The first-order valence-corrected chi connectivity index (χ1v) is 10.1. The Morgan fingerprint density at radius 3 is 2.67 bits per heavy atom. The highest BCUT2D eigenvalue weighted by Gasteiger charge is 2.47. The lowest BCUT2D eigenvalue weighted by Gasteiger charge is -2.34. The molecule has 2 aromatic carbocycles. The summed E-state index contributed by atoms with van der Waals surface area (Å²) < 4.78 is 58.1. The number of carbonyl (C=O) groups excluding carboxylic acids is 1. The second-order valence-electron chi connectivity index (χ2n) is 7.64. The molecule has 2 aliphatic heterocycles. The van der Waals surface area contributed by atoms with Gasteiger partial charge in [-0.25, -0.2) is 4.68 Å². The number of benzene rings is 2. The first kappa shape index (κ1) is 21.0. The zero-order valence-corrected chi connectivity index (χ0v) is 17.3. The summed E-state index contributed by atoms with van der Waals surface area (Å²) in [6.07, 6.45) is -3.67.